The molecule has 0 spiro atoms. The van der Waals surface area contributed by atoms with E-state index in [9.17, 15) is 0 Å². The first kappa shape index (κ1) is 11.3. The second kappa shape index (κ2) is 4.76. The van der Waals surface area contributed by atoms with E-state index in [4.69, 9.17) is 17.3 Å². The molecule has 2 aromatic rings. The van der Waals surface area contributed by atoms with Crippen LogP contribution in [0, 0.1) is 6.92 Å². The van der Waals surface area contributed by atoms with Crippen molar-refractivity contribution in [3.05, 3.63) is 45.1 Å². The molecule has 0 aliphatic rings. The second-order valence-corrected chi connectivity index (χ2v) is 5.43. The van der Waals surface area contributed by atoms with Gasteiger partial charge in [0, 0.05) is 22.8 Å². The Labute approximate surface area is 104 Å². The van der Waals surface area contributed by atoms with E-state index in [1.165, 1.54) is 10.4 Å². The van der Waals surface area contributed by atoms with Crippen molar-refractivity contribution in [3.63, 3.8) is 0 Å². The lowest BCUT2D eigenvalue weighted by Gasteiger charge is -2.09. The van der Waals surface area contributed by atoms with Crippen LogP contribution in [0.2, 0.25) is 4.34 Å². The minimum absolute atomic E-state index is 0.775. The molecule has 0 bridgehead atoms. The Balaban J connectivity index is 2.07. The Kier molecular flexibility index (Phi) is 3.36. The third-order valence-electron chi connectivity index (χ3n) is 2.34. The summed E-state index contributed by atoms with van der Waals surface area (Å²) < 4.78 is 0.820. The number of aryl methyl sites for hydroxylation is 1. The summed E-state index contributed by atoms with van der Waals surface area (Å²) >= 11 is 7.46. The number of hydrogen-bond donors (Lipinski definition) is 2. The van der Waals surface area contributed by atoms with Crippen LogP contribution < -0.4 is 11.1 Å². The first-order chi connectivity index (χ1) is 7.65. The maximum absolute atomic E-state index is 5.87. The molecule has 0 fully saturated rings. The number of nitrogens with two attached hydrogens (primary N) is 1. The Hall–Kier alpha value is -1.19. The van der Waals surface area contributed by atoms with E-state index in [0.29, 0.717) is 0 Å². The lowest BCUT2D eigenvalue weighted by atomic mass is 10.2. The van der Waals surface area contributed by atoms with E-state index in [1.807, 2.05) is 30.3 Å². The smallest absolute Gasteiger partial charge is 0.0931 e. The van der Waals surface area contributed by atoms with E-state index >= 15 is 0 Å². The van der Waals surface area contributed by atoms with Crippen molar-refractivity contribution in [2.45, 2.75) is 13.5 Å². The van der Waals surface area contributed by atoms with E-state index in [-0.39, 0.29) is 0 Å². The summed E-state index contributed by atoms with van der Waals surface area (Å²) in [6.07, 6.45) is 0. The standard InChI is InChI=1S/C12H13ClN2S/c1-8-2-3-9(14)6-11(8)15-7-10-4-5-12(13)16-10/h2-6,15H,7,14H2,1H3. The molecule has 0 radical (unpaired) electrons. The Bertz CT molecular complexity index is 494. The minimum atomic E-state index is 0.775. The molecule has 0 atom stereocenters. The van der Waals surface area contributed by atoms with E-state index in [0.717, 1.165) is 22.3 Å². The summed E-state index contributed by atoms with van der Waals surface area (Å²) in [7, 11) is 0. The van der Waals surface area contributed by atoms with E-state index < -0.39 is 0 Å². The molecule has 0 amide bonds. The molecule has 0 saturated heterocycles. The third kappa shape index (κ3) is 2.68. The van der Waals surface area contributed by atoms with Crippen molar-refractivity contribution in [1.29, 1.82) is 0 Å². The minimum Gasteiger partial charge on any atom is -0.399 e. The lowest BCUT2D eigenvalue weighted by Crippen LogP contribution is -2.00. The predicted octanol–water partition coefficient (Wildman–Crippen LogP) is 3.90. The van der Waals surface area contributed by atoms with Crippen molar-refractivity contribution >= 4 is 34.3 Å². The van der Waals surface area contributed by atoms with Crippen LogP contribution in [-0.4, -0.2) is 0 Å². The maximum Gasteiger partial charge on any atom is 0.0931 e. The van der Waals surface area contributed by atoms with Crippen molar-refractivity contribution in [3.8, 4) is 0 Å². The second-order valence-electron chi connectivity index (χ2n) is 3.63. The van der Waals surface area contributed by atoms with Crippen molar-refractivity contribution in [2.24, 2.45) is 0 Å². The van der Waals surface area contributed by atoms with Crippen LogP contribution >= 0.6 is 22.9 Å². The third-order valence-corrected chi connectivity index (χ3v) is 3.57. The molecule has 2 rings (SSSR count). The van der Waals surface area contributed by atoms with Gasteiger partial charge >= 0.3 is 0 Å². The molecule has 16 heavy (non-hydrogen) atoms. The van der Waals surface area contributed by atoms with Gasteiger partial charge in [-0.2, -0.15) is 0 Å². The SMILES string of the molecule is Cc1ccc(N)cc1NCc1ccc(Cl)s1. The normalized spacial score (nSPS) is 10.4. The molecule has 3 N–H and O–H groups in total. The van der Waals surface area contributed by atoms with Gasteiger partial charge in [-0.05, 0) is 36.8 Å². The fourth-order valence-corrected chi connectivity index (χ4v) is 2.49. The number of anilines is 2. The summed E-state index contributed by atoms with van der Waals surface area (Å²) in [5.41, 5.74) is 8.78. The highest BCUT2D eigenvalue weighted by Crippen LogP contribution is 2.24. The zero-order valence-electron chi connectivity index (χ0n) is 8.96. The molecule has 0 aliphatic carbocycles. The highest BCUT2D eigenvalue weighted by atomic mass is 35.5. The van der Waals surface area contributed by atoms with Crippen molar-refractivity contribution in [1.82, 2.24) is 0 Å². The Morgan fingerprint density at radius 2 is 2.12 bits per heavy atom. The summed E-state index contributed by atoms with van der Waals surface area (Å²) in [6, 6.07) is 9.81. The monoisotopic (exact) mass is 252 g/mol. The summed E-state index contributed by atoms with van der Waals surface area (Å²) in [4.78, 5) is 1.21. The lowest BCUT2D eigenvalue weighted by molar-refractivity contribution is 1.18. The van der Waals surface area contributed by atoms with Crippen LogP contribution in [0.15, 0.2) is 30.3 Å². The molecular weight excluding hydrogens is 240 g/mol. The number of thiophene rings is 1. The molecule has 4 heteroatoms. The molecule has 0 saturated carbocycles. The predicted molar refractivity (Wildman–Crippen MR) is 72.2 cm³/mol. The summed E-state index contributed by atoms with van der Waals surface area (Å²) in [6.45, 7) is 2.84. The number of halogens is 1. The van der Waals surface area contributed by atoms with Gasteiger partial charge in [0.15, 0.2) is 0 Å². The number of hydrogen-bond acceptors (Lipinski definition) is 3. The largest absolute Gasteiger partial charge is 0.399 e. The molecular formula is C12H13ClN2S. The molecule has 1 aromatic heterocycles. The molecule has 84 valence electrons. The van der Waals surface area contributed by atoms with Gasteiger partial charge in [-0.15, -0.1) is 11.3 Å². The van der Waals surface area contributed by atoms with Crippen molar-refractivity contribution in [2.75, 3.05) is 11.1 Å². The van der Waals surface area contributed by atoms with Gasteiger partial charge in [0.2, 0.25) is 0 Å². The Morgan fingerprint density at radius 1 is 1.31 bits per heavy atom. The average Bonchev–Trinajstić information content (AvgIpc) is 2.66. The van der Waals surface area contributed by atoms with Crippen LogP contribution in [0.1, 0.15) is 10.4 Å². The highest BCUT2D eigenvalue weighted by molar-refractivity contribution is 7.16. The fraction of sp³-hybridized carbons (Fsp3) is 0.167. The number of rotatable bonds is 3. The Morgan fingerprint density at radius 3 is 2.81 bits per heavy atom. The number of nitrogen functional groups attached to an aromatic ring is 1. The quantitative estimate of drug-likeness (QED) is 0.813. The van der Waals surface area contributed by atoms with E-state index in [1.54, 1.807) is 11.3 Å². The first-order valence-electron chi connectivity index (χ1n) is 4.99. The molecule has 2 nitrogen and oxygen atoms in total. The summed E-state index contributed by atoms with van der Waals surface area (Å²) in [5.74, 6) is 0. The van der Waals surface area contributed by atoms with Gasteiger partial charge in [0.1, 0.15) is 0 Å². The van der Waals surface area contributed by atoms with E-state index in [2.05, 4.69) is 12.2 Å². The van der Waals surface area contributed by atoms with Gasteiger partial charge in [0.05, 0.1) is 4.34 Å². The topological polar surface area (TPSA) is 38.0 Å². The van der Waals surface area contributed by atoms with Crippen LogP contribution in [0.25, 0.3) is 0 Å². The van der Waals surface area contributed by atoms with Crippen LogP contribution in [-0.2, 0) is 6.54 Å². The van der Waals surface area contributed by atoms with Gasteiger partial charge in [-0.3, -0.25) is 0 Å². The molecule has 0 unspecified atom stereocenters. The van der Waals surface area contributed by atoms with Crippen molar-refractivity contribution < 1.29 is 0 Å². The average molecular weight is 253 g/mol. The van der Waals surface area contributed by atoms with Crippen LogP contribution in [0.4, 0.5) is 11.4 Å². The maximum atomic E-state index is 5.87. The van der Waals surface area contributed by atoms with Gasteiger partial charge < -0.3 is 11.1 Å². The number of nitrogens with one attached hydrogen (secondary N) is 1. The molecule has 0 aliphatic heterocycles. The number of benzene rings is 1. The molecule has 1 aromatic carbocycles. The van der Waals surface area contributed by atoms with Gasteiger partial charge in [0.25, 0.3) is 0 Å². The van der Waals surface area contributed by atoms with Crippen LogP contribution in [0.5, 0.6) is 0 Å². The first-order valence-corrected chi connectivity index (χ1v) is 6.19. The molecule has 1 heterocycles. The fourth-order valence-electron chi connectivity index (χ4n) is 1.46. The zero-order chi connectivity index (χ0) is 11.5. The van der Waals surface area contributed by atoms with Gasteiger partial charge in [-0.1, -0.05) is 17.7 Å². The van der Waals surface area contributed by atoms with Gasteiger partial charge in [-0.25, -0.2) is 0 Å². The highest BCUT2D eigenvalue weighted by Gasteiger charge is 2.01. The zero-order valence-corrected chi connectivity index (χ0v) is 10.5. The van der Waals surface area contributed by atoms with Crippen LogP contribution in [0.3, 0.4) is 0 Å². The summed E-state index contributed by atoms with van der Waals surface area (Å²) in [5, 5.41) is 3.36.